The van der Waals surface area contributed by atoms with E-state index in [-0.39, 0.29) is 42.3 Å². The summed E-state index contributed by atoms with van der Waals surface area (Å²) in [5.41, 5.74) is 2.37. The molecule has 1 aromatic heterocycles. The third-order valence-corrected chi connectivity index (χ3v) is 7.88. The van der Waals surface area contributed by atoms with Gasteiger partial charge in [0.05, 0.1) is 11.8 Å². The van der Waals surface area contributed by atoms with Crippen molar-refractivity contribution in [2.75, 3.05) is 33.4 Å². The smallest absolute Gasteiger partial charge is 0.227 e. The van der Waals surface area contributed by atoms with Crippen molar-refractivity contribution in [1.29, 1.82) is 0 Å². The van der Waals surface area contributed by atoms with Crippen LogP contribution in [0.1, 0.15) is 57.9 Å². The summed E-state index contributed by atoms with van der Waals surface area (Å²) in [6.07, 6.45) is 7.18. The van der Waals surface area contributed by atoms with Gasteiger partial charge in [0.1, 0.15) is 0 Å². The van der Waals surface area contributed by atoms with Crippen LogP contribution >= 0.6 is 0 Å². The number of amides is 2. The van der Waals surface area contributed by atoms with Gasteiger partial charge in [0.15, 0.2) is 0 Å². The highest BCUT2D eigenvalue weighted by Crippen LogP contribution is 2.33. The van der Waals surface area contributed by atoms with E-state index in [0.717, 1.165) is 38.8 Å². The second kappa shape index (κ2) is 13.6. The van der Waals surface area contributed by atoms with Crippen LogP contribution in [0.25, 0.3) is 10.9 Å². The lowest BCUT2D eigenvalue weighted by Gasteiger charge is -2.33. The number of benzene rings is 1. The number of methoxy groups -OCH3 is 1. The van der Waals surface area contributed by atoms with Crippen LogP contribution in [0.3, 0.4) is 0 Å². The molecule has 8 heteroatoms. The fourth-order valence-electron chi connectivity index (χ4n) is 5.83. The Morgan fingerprint density at radius 2 is 1.97 bits per heavy atom. The van der Waals surface area contributed by atoms with Crippen molar-refractivity contribution in [2.24, 2.45) is 17.8 Å². The van der Waals surface area contributed by atoms with Crippen molar-refractivity contribution in [3.05, 3.63) is 36.0 Å². The number of fused-ring (bicyclic) bond motifs is 1. The average Bonchev–Trinajstić information content (AvgIpc) is 3.69. The van der Waals surface area contributed by atoms with Gasteiger partial charge in [0.2, 0.25) is 11.8 Å². The van der Waals surface area contributed by atoms with E-state index in [1.807, 2.05) is 0 Å². The maximum absolute atomic E-state index is 13.9. The number of aliphatic hydroxyl groups excluding tert-OH is 1. The van der Waals surface area contributed by atoms with Crippen LogP contribution in [0.5, 0.6) is 0 Å². The molecule has 1 saturated heterocycles. The lowest BCUT2D eigenvalue weighted by Crippen LogP contribution is -2.51. The molecule has 1 saturated carbocycles. The number of para-hydroxylation sites is 1. The number of aromatic nitrogens is 1. The van der Waals surface area contributed by atoms with Gasteiger partial charge >= 0.3 is 0 Å². The summed E-state index contributed by atoms with van der Waals surface area (Å²) in [6.45, 7) is 7.69. The monoisotopic (exact) mass is 526 g/mol. The highest BCUT2D eigenvalue weighted by molar-refractivity contribution is 5.86. The number of rotatable bonds is 14. The summed E-state index contributed by atoms with van der Waals surface area (Å²) in [5.74, 6) is 0.129. The van der Waals surface area contributed by atoms with E-state index < -0.39 is 0 Å². The molecule has 4 rings (SSSR count). The van der Waals surface area contributed by atoms with Crippen LogP contribution in [0.2, 0.25) is 0 Å². The first-order valence-electron chi connectivity index (χ1n) is 14.4. The standard InChI is InChI=1S/C30H46N4O4/c1-21(2)15-25(11-13-35)32-29(36)22-16-23(18-31-17-22)30(37)34(26-9-10-26)20-24-19-33(12-6-14-38-3)28-8-5-4-7-27(24)28/h4-5,7-8,19,21-23,25-26,31,35H,6,9-18,20H2,1-3H3,(H,32,36)/t22-,23+,25+/m0/s1. The van der Waals surface area contributed by atoms with Crippen LogP contribution in [0.15, 0.2) is 30.5 Å². The van der Waals surface area contributed by atoms with Crippen LogP contribution in [0, 0.1) is 17.8 Å². The molecule has 2 heterocycles. The number of carbonyl (C=O) groups excluding carboxylic acids is 2. The molecular weight excluding hydrogens is 480 g/mol. The highest BCUT2D eigenvalue weighted by Gasteiger charge is 2.39. The molecule has 2 aliphatic rings. The normalized spacial score (nSPS) is 20.6. The van der Waals surface area contributed by atoms with Crippen molar-refractivity contribution in [2.45, 2.75) is 77.5 Å². The van der Waals surface area contributed by atoms with Gasteiger partial charge in [-0.1, -0.05) is 32.0 Å². The topological polar surface area (TPSA) is 95.8 Å². The fraction of sp³-hybridized carbons (Fsp3) is 0.667. The summed E-state index contributed by atoms with van der Waals surface area (Å²) in [5, 5.41) is 17.1. The lowest BCUT2D eigenvalue weighted by atomic mass is 9.88. The highest BCUT2D eigenvalue weighted by atomic mass is 16.5. The number of nitrogens with one attached hydrogen (secondary N) is 2. The van der Waals surface area contributed by atoms with Crippen LogP contribution in [0.4, 0.5) is 0 Å². The van der Waals surface area contributed by atoms with E-state index in [2.05, 4.69) is 64.4 Å². The van der Waals surface area contributed by atoms with E-state index in [9.17, 15) is 14.7 Å². The molecule has 1 aliphatic carbocycles. The molecule has 3 atom stereocenters. The van der Waals surface area contributed by atoms with Crippen molar-refractivity contribution in [3.63, 3.8) is 0 Å². The van der Waals surface area contributed by atoms with Crippen LogP contribution < -0.4 is 10.6 Å². The number of nitrogens with zero attached hydrogens (tertiary/aromatic N) is 2. The van der Waals surface area contributed by atoms with Crippen molar-refractivity contribution < 1.29 is 19.4 Å². The van der Waals surface area contributed by atoms with Gasteiger partial charge in [-0.2, -0.15) is 0 Å². The van der Waals surface area contributed by atoms with Gasteiger partial charge in [-0.25, -0.2) is 0 Å². The Kier molecular flexibility index (Phi) is 10.2. The molecule has 2 fully saturated rings. The SMILES string of the molecule is COCCCn1cc(CN(C(=O)[C@H]2CNC[C@@H](C(=O)N[C@H](CCO)CC(C)C)C2)C2CC2)c2ccccc21. The molecule has 0 spiro atoms. The largest absolute Gasteiger partial charge is 0.396 e. The van der Waals surface area contributed by atoms with Gasteiger partial charge in [-0.3, -0.25) is 9.59 Å². The summed E-state index contributed by atoms with van der Waals surface area (Å²) in [7, 11) is 1.73. The molecule has 1 aliphatic heterocycles. The molecule has 3 N–H and O–H groups in total. The van der Waals surface area contributed by atoms with E-state index in [1.165, 1.54) is 16.5 Å². The summed E-state index contributed by atoms with van der Waals surface area (Å²) >= 11 is 0. The second-order valence-electron chi connectivity index (χ2n) is 11.5. The quantitative estimate of drug-likeness (QED) is 0.328. The van der Waals surface area contributed by atoms with Crippen LogP contribution in [-0.2, 0) is 27.4 Å². The zero-order valence-corrected chi connectivity index (χ0v) is 23.3. The van der Waals surface area contributed by atoms with Gasteiger partial charge in [-0.05, 0) is 56.1 Å². The Bertz CT molecular complexity index is 1060. The molecule has 0 bridgehead atoms. The first-order valence-corrected chi connectivity index (χ1v) is 14.4. The van der Waals surface area contributed by atoms with E-state index in [0.29, 0.717) is 38.4 Å². The zero-order valence-electron chi connectivity index (χ0n) is 23.3. The van der Waals surface area contributed by atoms with Crippen molar-refractivity contribution >= 4 is 22.7 Å². The first-order chi connectivity index (χ1) is 18.4. The molecular formula is C30H46N4O4. The summed E-state index contributed by atoms with van der Waals surface area (Å²) in [6, 6.07) is 8.67. The predicted molar refractivity (Wildman–Crippen MR) is 150 cm³/mol. The second-order valence-corrected chi connectivity index (χ2v) is 11.5. The first kappa shape index (κ1) is 28.6. The Labute approximate surface area is 227 Å². The number of hydrogen-bond donors (Lipinski definition) is 3. The van der Waals surface area contributed by atoms with Gasteiger partial charge in [-0.15, -0.1) is 0 Å². The Hall–Kier alpha value is -2.42. The van der Waals surface area contributed by atoms with E-state index in [4.69, 9.17) is 4.74 Å². The summed E-state index contributed by atoms with van der Waals surface area (Å²) < 4.78 is 7.53. The maximum atomic E-state index is 13.9. The van der Waals surface area contributed by atoms with Crippen LogP contribution in [-0.4, -0.2) is 71.9 Å². The number of ether oxygens (including phenoxy) is 1. The molecule has 38 heavy (non-hydrogen) atoms. The van der Waals surface area contributed by atoms with Crippen molar-refractivity contribution in [3.8, 4) is 0 Å². The fourth-order valence-corrected chi connectivity index (χ4v) is 5.83. The molecule has 0 radical (unpaired) electrons. The number of aryl methyl sites for hydroxylation is 1. The minimum Gasteiger partial charge on any atom is -0.396 e. The number of carbonyl (C=O) groups is 2. The third-order valence-electron chi connectivity index (χ3n) is 7.88. The lowest BCUT2D eigenvalue weighted by molar-refractivity contribution is -0.138. The minimum atomic E-state index is -0.241. The average molecular weight is 527 g/mol. The van der Waals surface area contributed by atoms with Crippen molar-refractivity contribution in [1.82, 2.24) is 20.1 Å². The molecule has 2 aromatic rings. The summed E-state index contributed by atoms with van der Waals surface area (Å²) in [4.78, 5) is 29.1. The van der Waals surface area contributed by atoms with E-state index in [1.54, 1.807) is 7.11 Å². The maximum Gasteiger partial charge on any atom is 0.227 e. The molecule has 0 unspecified atom stereocenters. The molecule has 210 valence electrons. The Morgan fingerprint density at radius 1 is 1.21 bits per heavy atom. The van der Waals surface area contributed by atoms with E-state index >= 15 is 0 Å². The van der Waals surface area contributed by atoms with Gasteiger partial charge in [0, 0.05) is 75.7 Å². The van der Waals surface area contributed by atoms with Gasteiger partial charge < -0.3 is 29.9 Å². The predicted octanol–water partition coefficient (Wildman–Crippen LogP) is 3.31. The number of hydrogen-bond acceptors (Lipinski definition) is 5. The Balaban J connectivity index is 1.44. The third kappa shape index (κ3) is 7.36. The Morgan fingerprint density at radius 3 is 2.68 bits per heavy atom. The number of aliphatic hydroxyl groups is 1. The number of piperidine rings is 1. The molecule has 8 nitrogen and oxygen atoms in total. The zero-order chi connectivity index (χ0) is 27.1. The van der Waals surface area contributed by atoms with Gasteiger partial charge in [0.25, 0.3) is 0 Å². The molecule has 2 amide bonds. The molecule has 1 aromatic carbocycles. The minimum absolute atomic E-state index is 0.00815.